The molecule has 1 aromatic heterocycles. The average molecular weight is 323 g/mol. The molecule has 0 aliphatic carbocycles. The van der Waals surface area contributed by atoms with Gasteiger partial charge in [0.25, 0.3) is 0 Å². The Labute approximate surface area is 120 Å². The summed E-state index contributed by atoms with van der Waals surface area (Å²) in [4.78, 5) is 8.82. The van der Waals surface area contributed by atoms with Gasteiger partial charge in [0.2, 0.25) is 6.29 Å². The zero-order valence-electron chi connectivity index (χ0n) is 11.1. The van der Waals surface area contributed by atoms with Crippen LogP contribution in [0.15, 0.2) is 34.9 Å². The number of halogens is 1. The Morgan fingerprint density at radius 1 is 1.16 bits per heavy atom. The van der Waals surface area contributed by atoms with Crippen LogP contribution in [0.25, 0.3) is 11.4 Å². The molecule has 1 heterocycles. The standard InChI is InChI=1S/C14H15BrN2O2/c1-9-4-5-10(15)8-11(9)13-16-7-6-12(17-13)14(18-2)19-3/h4-8,14H,1-3H3. The highest BCUT2D eigenvalue weighted by Gasteiger charge is 2.13. The Morgan fingerprint density at radius 2 is 1.89 bits per heavy atom. The van der Waals surface area contributed by atoms with E-state index in [-0.39, 0.29) is 0 Å². The molecule has 19 heavy (non-hydrogen) atoms. The van der Waals surface area contributed by atoms with Crippen molar-refractivity contribution in [3.63, 3.8) is 0 Å². The van der Waals surface area contributed by atoms with E-state index in [9.17, 15) is 0 Å². The summed E-state index contributed by atoms with van der Waals surface area (Å²) in [5, 5.41) is 0. The minimum Gasteiger partial charge on any atom is -0.350 e. The van der Waals surface area contributed by atoms with Crippen LogP contribution in [0, 0.1) is 6.92 Å². The molecule has 0 bridgehead atoms. The second kappa shape index (κ2) is 6.23. The highest BCUT2D eigenvalue weighted by atomic mass is 79.9. The van der Waals surface area contributed by atoms with Crippen molar-refractivity contribution < 1.29 is 9.47 Å². The molecule has 0 unspecified atom stereocenters. The lowest BCUT2D eigenvalue weighted by Crippen LogP contribution is -2.07. The molecule has 0 saturated heterocycles. The van der Waals surface area contributed by atoms with Crippen LogP contribution in [0.2, 0.25) is 0 Å². The van der Waals surface area contributed by atoms with Crippen LogP contribution in [0.4, 0.5) is 0 Å². The largest absolute Gasteiger partial charge is 0.350 e. The third-order valence-electron chi connectivity index (χ3n) is 2.79. The van der Waals surface area contributed by atoms with Crippen molar-refractivity contribution in [2.24, 2.45) is 0 Å². The molecule has 0 spiro atoms. The van der Waals surface area contributed by atoms with Gasteiger partial charge in [0.15, 0.2) is 5.82 Å². The van der Waals surface area contributed by atoms with Gasteiger partial charge in [0, 0.05) is 30.5 Å². The van der Waals surface area contributed by atoms with Gasteiger partial charge in [-0.3, -0.25) is 0 Å². The van der Waals surface area contributed by atoms with Crippen molar-refractivity contribution in [2.75, 3.05) is 14.2 Å². The van der Waals surface area contributed by atoms with Crippen LogP contribution in [0.1, 0.15) is 17.5 Å². The minimum atomic E-state index is -0.478. The third-order valence-corrected chi connectivity index (χ3v) is 3.28. The van der Waals surface area contributed by atoms with Crippen molar-refractivity contribution >= 4 is 15.9 Å². The second-order valence-electron chi connectivity index (χ2n) is 4.07. The van der Waals surface area contributed by atoms with Crippen molar-refractivity contribution in [1.29, 1.82) is 0 Å². The quantitative estimate of drug-likeness (QED) is 0.808. The van der Waals surface area contributed by atoms with Gasteiger partial charge in [-0.1, -0.05) is 22.0 Å². The molecule has 0 radical (unpaired) electrons. The van der Waals surface area contributed by atoms with Crippen LogP contribution in [0.3, 0.4) is 0 Å². The Morgan fingerprint density at radius 3 is 2.58 bits per heavy atom. The molecule has 0 aliphatic rings. The number of methoxy groups -OCH3 is 2. The van der Waals surface area contributed by atoms with E-state index in [0.717, 1.165) is 15.6 Å². The smallest absolute Gasteiger partial charge is 0.200 e. The lowest BCUT2D eigenvalue weighted by molar-refractivity contribution is -0.108. The number of nitrogens with zero attached hydrogens (tertiary/aromatic N) is 2. The lowest BCUT2D eigenvalue weighted by atomic mass is 10.1. The van der Waals surface area contributed by atoms with E-state index in [1.807, 2.05) is 25.1 Å². The summed E-state index contributed by atoms with van der Waals surface area (Å²) >= 11 is 3.46. The molecule has 1 aromatic carbocycles. The van der Waals surface area contributed by atoms with Gasteiger partial charge in [0.1, 0.15) is 5.69 Å². The van der Waals surface area contributed by atoms with E-state index in [2.05, 4.69) is 25.9 Å². The first kappa shape index (κ1) is 14.1. The Hall–Kier alpha value is -1.30. The first-order valence-corrected chi connectivity index (χ1v) is 6.60. The maximum absolute atomic E-state index is 5.21. The predicted octanol–water partition coefficient (Wildman–Crippen LogP) is 3.51. The molecule has 100 valence electrons. The number of aryl methyl sites for hydroxylation is 1. The van der Waals surface area contributed by atoms with Crippen LogP contribution in [-0.4, -0.2) is 24.2 Å². The zero-order valence-corrected chi connectivity index (χ0v) is 12.6. The highest BCUT2D eigenvalue weighted by molar-refractivity contribution is 9.10. The van der Waals surface area contributed by atoms with Gasteiger partial charge >= 0.3 is 0 Å². The molecular weight excluding hydrogens is 308 g/mol. The Bertz CT molecular complexity index is 571. The highest BCUT2D eigenvalue weighted by Crippen LogP contribution is 2.25. The first-order valence-electron chi connectivity index (χ1n) is 5.80. The van der Waals surface area contributed by atoms with Gasteiger partial charge in [0.05, 0.1) is 0 Å². The number of benzene rings is 1. The summed E-state index contributed by atoms with van der Waals surface area (Å²) in [5.74, 6) is 0.662. The zero-order chi connectivity index (χ0) is 13.8. The molecule has 4 nitrogen and oxygen atoms in total. The molecule has 0 saturated carbocycles. The van der Waals surface area contributed by atoms with Gasteiger partial charge in [-0.05, 0) is 30.7 Å². The molecule has 0 amide bonds. The summed E-state index contributed by atoms with van der Waals surface area (Å²) in [7, 11) is 3.17. The molecule has 0 fully saturated rings. The lowest BCUT2D eigenvalue weighted by Gasteiger charge is -2.13. The molecule has 2 rings (SSSR count). The van der Waals surface area contributed by atoms with Crippen molar-refractivity contribution in [3.05, 3.63) is 46.2 Å². The van der Waals surface area contributed by atoms with Gasteiger partial charge in [-0.25, -0.2) is 9.97 Å². The van der Waals surface area contributed by atoms with Gasteiger partial charge in [-0.15, -0.1) is 0 Å². The normalized spacial score (nSPS) is 11.0. The van der Waals surface area contributed by atoms with Gasteiger partial charge < -0.3 is 9.47 Å². The fourth-order valence-corrected chi connectivity index (χ4v) is 2.17. The molecule has 0 aliphatic heterocycles. The SMILES string of the molecule is COC(OC)c1ccnc(-c2cc(Br)ccc2C)n1. The van der Waals surface area contributed by atoms with E-state index >= 15 is 0 Å². The number of rotatable bonds is 4. The van der Waals surface area contributed by atoms with E-state index in [0.29, 0.717) is 11.5 Å². The number of hydrogen-bond donors (Lipinski definition) is 0. The van der Waals surface area contributed by atoms with Crippen molar-refractivity contribution in [1.82, 2.24) is 9.97 Å². The average Bonchev–Trinajstić information content (AvgIpc) is 2.43. The summed E-state index contributed by atoms with van der Waals surface area (Å²) < 4.78 is 11.4. The van der Waals surface area contributed by atoms with Crippen molar-refractivity contribution in [2.45, 2.75) is 13.2 Å². The number of aromatic nitrogens is 2. The van der Waals surface area contributed by atoms with Crippen LogP contribution < -0.4 is 0 Å². The van der Waals surface area contributed by atoms with E-state index in [4.69, 9.17) is 9.47 Å². The second-order valence-corrected chi connectivity index (χ2v) is 4.98. The summed E-state index contributed by atoms with van der Waals surface area (Å²) in [6.07, 6.45) is 1.23. The maximum atomic E-state index is 5.21. The van der Waals surface area contributed by atoms with Crippen LogP contribution >= 0.6 is 15.9 Å². The third kappa shape index (κ3) is 3.18. The van der Waals surface area contributed by atoms with Crippen molar-refractivity contribution in [3.8, 4) is 11.4 Å². The van der Waals surface area contributed by atoms with E-state index in [1.165, 1.54) is 0 Å². The predicted molar refractivity (Wildman–Crippen MR) is 76.7 cm³/mol. The Kier molecular flexibility index (Phi) is 4.63. The first-order chi connectivity index (χ1) is 9.15. The summed E-state index contributed by atoms with van der Waals surface area (Å²) in [6.45, 7) is 2.03. The fourth-order valence-electron chi connectivity index (χ4n) is 1.81. The maximum Gasteiger partial charge on any atom is 0.200 e. The van der Waals surface area contributed by atoms with Crippen LogP contribution in [0.5, 0.6) is 0 Å². The Balaban J connectivity index is 2.45. The number of hydrogen-bond acceptors (Lipinski definition) is 4. The summed E-state index contributed by atoms with van der Waals surface area (Å²) in [6, 6.07) is 7.81. The van der Waals surface area contributed by atoms with E-state index in [1.54, 1.807) is 26.5 Å². The monoisotopic (exact) mass is 322 g/mol. The molecule has 5 heteroatoms. The van der Waals surface area contributed by atoms with E-state index < -0.39 is 6.29 Å². The van der Waals surface area contributed by atoms with Crippen LogP contribution in [-0.2, 0) is 9.47 Å². The molecule has 0 N–H and O–H groups in total. The molecule has 2 aromatic rings. The molecular formula is C14H15BrN2O2. The summed E-state index contributed by atoms with van der Waals surface area (Å²) in [5.41, 5.74) is 2.81. The number of ether oxygens (including phenoxy) is 2. The fraction of sp³-hybridized carbons (Fsp3) is 0.286. The molecule has 0 atom stereocenters. The minimum absolute atomic E-state index is 0.478. The van der Waals surface area contributed by atoms with Gasteiger partial charge in [-0.2, -0.15) is 0 Å². The topological polar surface area (TPSA) is 44.2 Å².